The first-order valence-corrected chi connectivity index (χ1v) is 18.2. The summed E-state index contributed by atoms with van der Waals surface area (Å²) in [5.74, 6) is 0.646. The third-order valence-electron chi connectivity index (χ3n) is 5.34. The fourth-order valence-electron chi connectivity index (χ4n) is 3.65. The standard InChI is InChI=1S/C8H7ClN5.3C4H9.Sn/c1-14-7(9)6(5-12-14)13-8-10-3-2-4-11-8;3*1-3-4-2;/h2-3,5H,1H3,(H,10,11,13);3*1,3-4H2,2H3;. The van der Waals surface area contributed by atoms with E-state index in [2.05, 4.69) is 42.2 Å². The van der Waals surface area contributed by atoms with Crippen LogP contribution < -0.4 is 9.03 Å². The second-order valence-corrected chi connectivity index (χ2v) is 20.9. The van der Waals surface area contributed by atoms with Crippen molar-refractivity contribution in [2.45, 2.75) is 72.6 Å². The van der Waals surface area contributed by atoms with Crippen LogP contribution in [0.5, 0.6) is 0 Å². The van der Waals surface area contributed by atoms with Crippen LogP contribution in [0.1, 0.15) is 59.3 Å². The van der Waals surface area contributed by atoms with Crippen molar-refractivity contribution in [3.8, 4) is 0 Å². The van der Waals surface area contributed by atoms with E-state index in [-0.39, 0.29) is 0 Å². The van der Waals surface area contributed by atoms with Gasteiger partial charge in [0.05, 0.1) is 0 Å². The molecular formula is C20H34ClN5Sn. The molecule has 0 aliphatic carbocycles. The van der Waals surface area contributed by atoms with Crippen LogP contribution in [0.4, 0.5) is 11.6 Å². The van der Waals surface area contributed by atoms with Gasteiger partial charge in [0.25, 0.3) is 0 Å². The third kappa shape index (κ3) is 6.08. The van der Waals surface area contributed by atoms with E-state index in [1.165, 1.54) is 55.5 Å². The van der Waals surface area contributed by atoms with E-state index in [4.69, 9.17) is 16.6 Å². The number of nitrogens with zero attached hydrogens (tertiary/aromatic N) is 4. The van der Waals surface area contributed by atoms with E-state index in [0.717, 1.165) is 5.69 Å². The van der Waals surface area contributed by atoms with Crippen molar-refractivity contribution in [3.05, 3.63) is 23.6 Å². The van der Waals surface area contributed by atoms with E-state index in [0.29, 0.717) is 11.1 Å². The Hall–Kier alpha value is -0.821. The van der Waals surface area contributed by atoms with Crippen LogP contribution in [-0.2, 0) is 7.05 Å². The zero-order valence-corrected chi connectivity index (χ0v) is 20.9. The first kappa shape index (κ1) is 22.5. The Morgan fingerprint density at radius 3 is 2.11 bits per heavy atom. The average molecular weight is 499 g/mol. The van der Waals surface area contributed by atoms with Gasteiger partial charge in [-0.05, 0) is 0 Å². The van der Waals surface area contributed by atoms with Gasteiger partial charge in [-0.2, -0.15) is 0 Å². The van der Waals surface area contributed by atoms with Crippen molar-refractivity contribution in [1.29, 1.82) is 0 Å². The van der Waals surface area contributed by atoms with Crippen LogP contribution in [0.2, 0.25) is 18.5 Å². The molecule has 2 heterocycles. The molecule has 0 unspecified atom stereocenters. The Morgan fingerprint density at radius 1 is 1.04 bits per heavy atom. The predicted octanol–water partition coefficient (Wildman–Crippen LogP) is 5.66. The van der Waals surface area contributed by atoms with Crippen LogP contribution in [0.15, 0.2) is 18.5 Å². The van der Waals surface area contributed by atoms with Gasteiger partial charge in [0.1, 0.15) is 0 Å². The number of hydrogen-bond acceptors (Lipinski definition) is 4. The molecule has 7 heteroatoms. The number of unbranched alkanes of at least 4 members (excludes halogenated alkanes) is 3. The molecule has 150 valence electrons. The quantitative estimate of drug-likeness (QED) is 0.384. The maximum absolute atomic E-state index is 6.29. The van der Waals surface area contributed by atoms with Crippen molar-refractivity contribution < 1.29 is 0 Å². The molecule has 2 rings (SSSR count). The zero-order valence-electron chi connectivity index (χ0n) is 17.3. The molecule has 2 aromatic heterocycles. The molecule has 0 atom stereocenters. The predicted molar refractivity (Wildman–Crippen MR) is 118 cm³/mol. The second-order valence-electron chi connectivity index (χ2n) is 7.45. The molecule has 1 N–H and O–H groups in total. The summed E-state index contributed by atoms with van der Waals surface area (Å²) in [4.78, 5) is 9.48. The van der Waals surface area contributed by atoms with Gasteiger partial charge in [0.2, 0.25) is 0 Å². The van der Waals surface area contributed by atoms with Gasteiger partial charge < -0.3 is 0 Å². The summed E-state index contributed by atoms with van der Waals surface area (Å²) in [7, 11) is 1.83. The molecule has 0 aromatic carbocycles. The van der Waals surface area contributed by atoms with E-state index >= 15 is 0 Å². The first-order chi connectivity index (χ1) is 13.1. The molecule has 0 bridgehead atoms. The van der Waals surface area contributed by atoms with Gasteiger partial charge in [-0.1, -0.05) is 0 Å². The van der Waals surface area contributed by atoms with E-state index in [9.17, 15) is 0 Å². The number of aromatic nitrogens is 4. The molecule has 27 heavy (non-hydrogen) atoms. The molecule has 0 saturated heterocycles. The summed E-state index contributed by atoms with van der Waals surface area (Å²) in [6, 6.07) is 2.20. The minimum absolute atomic E-state index is 0.571. The minimum atomic E-state index is -2.55. The summed E-state index contributed by atoms with van der Waals surface area (Å²) < 4.78 is 7.21. The second kappa shape index (κ2) is 11.2. The topological polar surface area (TPSA) is 55.6 Å². The van der Waals surface area contributed by atoms with Crippen molar-refractivity contribution in [1.82, 2.24) is 19.7 Å². The Labute approximate surface area is 173 Å². The Balaban J connectivity index is 2.33. The summed E-state index contributed by atoms with van der Waals surface area (Å²) in [5, 5.41) is 8.03. The summed E-state index contributed by atoms with van der Waals surface area (Å²) in [6.45, 7) is 6.90. The van der Waals surface area contributed by atoms with Crippen molar-refractivity contribution in [2.75, 3.05) is 5.32 Å². The van der Waals surface area contributed by atoms with Crippen molar-refractivity contribution >= 4 is 45.3 Å². The van der Waals surface area contributed by atoms with Crippen LogP contribution in [0.3, 0.4) is 0 Å². The van der Waals surface area contributed by atoms with Gasteiger partial charge in [-0.25, -0.2) is 0 Å². The van der Waals surface area contributed by atoms with E-state index < -0.39 is 18.4 Å². The average Bonchev–Trinajstić information content (AvgIpc) is 3.00. The van der Waals surface area contributed by atoms with Gasteiger partial charge in [-0.15, -0.1) is 0 Å². The fraction of sp³-hybridized carbons (Fsp3) is 0.650. The number of anilines is 2. The van der Waals surface area contributed by atoms with Crippen LogP contribution in [0.25, 0.3) is 0 Å². The molecule has 0 radical (unpaired) electrons. The Kier molecular flexibility index (Phi) is 9.36. The summed E-state index contributed by atoms with van der Waals surface area (Å²) in [6.07, 6.45) is 11.4. The molecule has 0 fully saturated rings. The third-order valence-corrected chi connectivity index (χ3v) is 20.9. The van der Waals surface area contributed by atoms with Crippen LogP contribution in [-0.4, -0.2) is 38.1 Å². The zero-order chi connectivity index (χ0) is 19.7. The molecule has 5 nitrogen and oxygen atoms in total. The van der Waals surface area contributed by atoms with E-state index in [1.807, 2.05) is 13.2 Å². The molecular weight excluding hydrogens is 464 g/mol. The number of nitrogens with one attached hydrogen (secondary N) is 1. The molecule has 0 aliphatic rings. The van der Waals surface area contributed by atoms with Gasteiger partial charge in [0, 0.05) is 0 Å². The van der Waals surface area contributed by atoms with Crippen LogP contribution >= 0.6 is 11.6 Å². The summed E-state index contributed by atoms with van der Waals surface area (Å²) in [5.41, 5.74) is 0.757. The van der Waals surface area contributed by atoms with Crippen LogP contribution in [0, 0.1) is 0 Å². The SMILES string of the molecule is CCC[CH2][Sn]([CH2]CCC)([CH2]CCC)[c]1ccnc(Nc2cnn(C)c2Cl)n1. The molecule has 0 spiro atoms. The maximum atomic E-state index is 6.29. The number of halogens is 1. The molecule has 0 aliphatic heterocycles. The number of aryl methyl sites for hydroxylation is 1. The normalized spacial score (nSPS) is 11.7. The van der Waals surface area contributed by atoms with Crippen molar-refractivity contribution in [3.63, 3.8) is 0 Å². The monoisotopic (exact) mass is 499 g/mol. The van der Waals surface area contributed by atoms with Gasteiger partial charge >= 0.3 is 174 Å². The first-order valence-electron chi connectivity index (χ1n) is 10.3. The fourth-order valence-corrected chi connectivity index (χ4v) is 19.1. The Morgan fingerprint density at radius 2 is 1.63 bits per heavy atom. The van der Waals surface area contributed by atoms with Gasteiger partial charge in [0.15, 0.2) is 0 Å². The van der Waals surface area contributed by atoms with E-state index in [1.54, 1.807) is 10.9 Å². The molecule has 0 saturated carbocycles. The molecule has 0 amide bonds. The molecule has 2 aromatic rings. The van der Waals surface area contributed by atoms with Gasteiger partial charge in [-0.3, -0.25) is 0 Å². The van der Waals surface area contributed by atoms with Crippen molar-refractivity contribution in [2.24, 2.45) is 7.05 Å². The number of rotatable bonds is 12. The number of hydrogen-bond donors (Lipinski definition) is 1. The summed E-state index contributed by atoms with van der Waals surface area (Å²) >= 11 is 3.74. The Bertz CT molecular complexity index is 682.